The Bertz CT molecular complexity index is 333. The highest BCUT2D eigenvalue weighted by Gasteiger charge is 2.23. The summed E-state index contributed by atoms with van der Waals surface area (Å²) < 4.78 is 5.44. The zero-order valence-corrected chi connectivity index (χ0v) is 11.5. The Balaban J connectivity index is 2.67. The van der Waals surface area contributed by atoms with Crippen molar-refractivity contribution in [2.45, 2.75) is 39.0 Å². The first kappa shape index (κ1) is 14.0. The molecule has 17 heavy (non-hydrogen) atoms. The van der Waals surface area contributed by atoms with Crippen LogP contribution >= 0.6 is 0 Å². The summed E-state index contributed by atoms with van der Waals surface area (Å²) in [6.07, 6.45) is 2.31. The fraction of sp³-hybridized carbons (Fsp3) is 0.600. The predicted molar refractivity (Wildman–Crippen MR) is 73.8 cm³/mol. The van der Waals surface area contributed by atoms with Gasteiger partial charge in [0.05, 0.1) is 7.11 Å². The molecule has 0 saturated heterocycles. The molecule has 1 aromatic rings. The van der Waals surface area contributed by atoms with Crippen molar-refractivity contribution >= 4 is 0 Å². The second-order valence-corrected chi connectivity index (χ2v) is 5.08. The maximum atomic E-state index is 5.44. The van der Waals surface area contributed by atoms with Crippen LogP contribution in [0.2, 0.25) is 0 Å². The van der Waals surface area contributed by atoms with E-state index in [0.29, 0.717) is 0 Å². The number of hydrogen-bond donors (Lipinski definition) is 1. The number of nitrogens with one attached hydrogen (secondary N) is 1. The molecule has 0 aliphatic rings. The molecular formula is C15H25NO. The van der Waals surface area contributed by atoms with Gasteiger partial charge >= 0.3 is 0 Å². The molecule has 0 saturated carbocycles. The highest BCUT2D eigenvalue weighted by molar-refractivity contribution is 5.38. The monoisotopic (exact) mass is 235 g/mol. The molecule has 0 fully saturated rings. The van der Waals surface area contributed by atoms with Crippen molar-refractivity contribution in [2.24, 2.45) is 0 Å². The van der Waals surface area contributed by atoms with E-state index < -0.39 is 0 Å². The van der Waals surface area contributed by atoms with E-state index >= 15 is 0 Å². The van der Waals surface area contributed by atoms with Crippen LogP contribution in [0.1, 0.15) is 39.2 Å². The molecule has 0 aliphatic heterocycles. The summed E-state index contributed by atoms with van der Waals surface area (Å²) >= 11 is 0. The Labute approximate surface area is 105 Å². The van der Waals surface area contributed by atoms with Crippen molar-refractivity contribution in [3.8, 4) is 5.75 Å². The van der Waals surface area contributed by atoms with Crippen molar-refractivity contribution in [1.29, 1.82) is 0 Å². The number of para-hydroxylation sites is 1. The largest absolute Gasteiger partial charge is 0.496 e. The Hall–Kier alpha value is -1.02. The molecule has 0 spiro atoms. The van der Waals surface area contributed by atoms with Gasteiger partial charge in [0, 0.05) is 0 Å². The minimum Gasteiger partial charge on any atom is -0.496 e. The second-order valence-electron chi connectivity index (χ2n) is 5.08. The van der Waals surface area contributed by atoms with Gasteiger partial charge in [-0.05, 0) is 43.0 Å². The van der Waals surface area contributed by atoms with Crippen LogP contribution in [0.3, 0.4) is 0 Å². The van der Waals surface area contributed by atoms with Gasteiger partial charge in [0.2, 0.25) is 0 Å². The first-order chi connectivity index (χ1) is 8.11. The minimum atomic E-state index is 0.146. The smallest absolute Gasteiger partial charge is 0.122 e. The summed E-state index contributed by atoms with van der Waals surface area (Å²) in [6, 6.07) is 8.31. The standard InChI is InChI=1S/C15H25NO/c1-5-11-16-12-10-15(2,3)13-8-6-7-9-14(13)17-4/h6-9,16H,5,10-12H2,1-4H3. The molecule has 0 heterocycles. The lowest BCUT2D eigenvalue weighted by molar-refractivity contribution is 0.382. The van der Waals surface area contributed by atoms with Crippen molar-refractivity contribution < 1.29 is 4.74 Å². The summed E-state index contributed by atoms with van der Waals surface area (Å²) in [4.78, 5) is 0. The third kappa shape index (κ3) is 4.04. The number of rotatable bonds is 7. The molecule has 96 valence electrons. The summed E-state index contributed by atoms with van der Waals surface area (Å²) in [5.74, 6) is 0.994. The Morgan fingerprint density at radius 1 is 1.18 bits per heavy atom. The quantitative estimate of drug-likeness (QED) is 0.732. The zero-order chi connectivity index (χ0) is 12.7. The average molecular weight is 235 g/mol. The molecule has 0 unspecified atom stereocenters. The summed E-state index contributed by atoms with van der Waals surface area (Å²) in [5, 5.41) is 3.46. The molecule has 0 bridgehead atoms. The molecular weight excluding hydrogens is 210 g/mol. The van der Waals surface area contributed by atoms with E-state index in [2.05, 4.69) is 38.2 Å². The van der Waals surface area contributed by atoms with E-state index in [9.17, 15) is 0 Å². The molecule has 0 atom stereocenters. The van der Waals surface area contributed by atoms with Gasteiger partial charge in [-0.25, -0.2) is 0 Å². The normalized spacial score (nSPS) is 11.5. The number of ether oxygens (including phenoxy) is 1. The van der Waals surface area contributed by atoms with E-state index in [4.69, 9.17) is 4.74 Å². The molecule has 0 amide bonds. The van der Waals surface area contributed by atoms with Gasteiger partial charge in [-0.15, -0.1) is 0 Å². The Kier molecular flexibility index (Phi) is 5.49. The number of benzene rings is 1. The van der Waals surface area contributed by atoms with Crippen LogP contribution in [0, 0.1) is 0 Å². The van der Waals surface area contributed by atoms with Crippen molar-refractivity contribution in [3.05, 3.63) is 29.8 Å². The van der Waals surface area contributed by atoms with Crippen molar-refractivity contribution in [1.82, 2.24) is 5.32 Å². The maximum absolute atomic E-state index is 5.44. The fourth-order valence-corrected chi connectivity index (χ4v) is 2.04. The highest BCUT2D eigenvalue weighted by atomic mass is 16.5. The van der Waals surface area contributed by atoms with Crippen LogP contribution in [0.15, 0.2) is 24.3 Å². The van der Waals surface area contributed by atoms with Gasteiger partial charge < -0.3 is 10.1 Å². The third-order valence-electron chi connectivity index (χ3n) is 3.19. The molecule has 2 heteroatoms. The van der Waals surface area contributed by atoms with Gasteiger partial charge in [0.1, 0.15) is 5.75 Å². The first-order valence-corrected chi connectivity index (χ1v) is 6.46. The Morgan fingerprint density at radius 2 is 1.88 bits per heavy atom. The van der Waals surface area contributed by atoms with Gasteiger partial charge in [-0.1, -0.05) is 39.0 Å². The average Bonchev–Trinajstić information content (AvgIpc) is 2.34. The van der Waals surface area contributed by atoms with Crippen molar-refractivity contribution in [3.63, 3.8) is 0 Å². The summed E-state index contributed by atoms with van der Waals surface area (Å²) in [7, 11) is 1.74. The van der Waals surface area contributed by atoms with Crippen LogP contribution in [0.25, 0.3) is 0 Å². The van der Waals surface area contributed by atoms with Crippen LogP contribution in [0.5, 0.6) is 5.75 Å². The molecule has 0 radical (unpaired) electrons. The SMILES string of the molecule is CCCNCCC(C)(C)c1ccccc1OC. The van der Waals surface area contributed by atoms with Gasteiger partial charge in [0.25, 0.3) is 0 Å². The number of methoxy groups -OCH3 is 1. The molecule has 0 aliphatic carbocycles. The summed E-state index contributed by atoms with van der Waals surface area (Å²) in [6.45, 7) is 8.90. The van der Waals surface area contributed by atoms with E-state index in [0.717, 1.165) is 25.3 Å². The molecule has 1 rings (SSSR count). The second kappa shape index (κ2) is 6.65. The number of hydrogen-bond acceptors (Lipinski definition) is 2. The first-order valence-electron chi connectivity index (χ1n) is 6.46. The van der Waals surface area contributed by atoms with Crippen LogP contribution in [-0.4, -0.2) is 20.2 Å². The summed E-state index contributed by atoms with van der Waals surface area (Å²) in [5.41, 5.74) is 1.44. The van der Waals surface area contributed by atoms with Crippen molar-refractivity contribution in [2.75, 3.05) is 20.2 Å². The topological polar surface area (TPSA) is 21.3 Å². The van der Waals surface area contributed by atoms with Gasteiger partial charge in [-0.2, -0.15) is 0 Å². The van der Waals surface area contributed by atoms with E-state index in [1.165, 1.54) is 12.0 Å². The van der Waals surface area contributed by atoms with E-state index in [-0.39, 0.29) is 5.41 Å². The fourth-order valence-electron chi connectivity index (χ4n) is 2.04. The predicted octanol–water partition coefficient (Wildman–Crippen LogP) is 3.36. The Morgan fingerprint density at radius 3 is 2.53 bits per heavy atom. The zero-order valence-electron chi connectivity index (χ0n) is 11.5. The maximum Gasteiger partial charge on any atom is 0.122 e. The lowest BCUT2D eigenvalue weighted by Gasteiger charge is -2.27. The highest BCUT2D eigenvalue weighted by Crippen LogP contribution is 2.33. The van der Waals surface area contributed by atoms with Crippen LogP contribution in [0.4, 0.5) is 0 Å². The van der Waals surface area contributed by atoms with Gasteiger partial charge in [-0.3, -0.25) is 0 Å². The molecule has 1 N–H and O–H groups in total. The molecule has 0 aromatic heterocycles. The van der Waals surface area contributed by atoms with Crippen LogP contribution in [-0.2, 0) is 5.41 Å². The van der Waals surface area contributed by atoms with E-state index in [1.807, 2.05) is 12.1 Å². The van der Waals surface area contributed by atoms with Gasteiger partial charge in [0.15, 0.2) is 0 Å². The third-order valence-corrected chi connectivity index (χ3v) is 3.19. The molecule has 1 aromatic carbocycles. The molecule has 2 nitrogen and oxygen atoms in total. The lowest BCUT2D eigenvalue weighted by Crippen LogP contribution is -2.26. The van der Waals surface area contributed by atoms with Crippen LogP contribution < -0.4 is 10.1 Å². The lowest BCUT2D eigenvalue weighted by atomic mass is 9.81. The minimum absolute atomic E-state index is 0.146. The van der Waals surface area contributed by atoms with E-state index in [1.54, 1.807) is 7.11 Å².